The second-order valence-electron chi connectivity index (χ2n) is 7.38. The topological polar surface area (TPSA) is 75.3 Å². The third-order valence-electron chi connectivity index (χ3n) is 4.64. The van der Waals surface area contributed by atoms with Gasteiger partial charge in [-0.3, -0.25) is 4.79 Å². The first-order valence-corrected chi connectivity index (χ1v) is 10.9. The van der Waals surface area contributed by atoms with Gasteiger partial charge in [0.05, 0.1) is 16.0 Å². The Morgan fingerprint density at radius 1 is 0.906 bits per heavy atom. The molecule has 1 saturated carbocycles. The average Bonchev–Trinajstić information content (AvgIpc) is 3.48. The van der Waals surface area contributed by atoms with E-state index in [4.69, 9.17) is 0 Å². The summed E-state index contributed by atoms with van der Waals surface area (Å²) >= 11 is 0. The molecule has 0 bridgehead atoms. The van der Waals surface area contributed by atoms with Crippen molar-refractivity contribution >= 4 is 21.6 Å². The molecule has 0 aromatic heterocycles. The Bertz CT molecular complexity index is 1060. The minimum absolute atomic E-state index is 0.0245. The number of hydrogen-bond acceptors (Lipinski definition) is 3. The molecule has 0 radical (unpaired) electrons. The first-order chi connectivity index (χ1) is 14.7. The van der Waals surface area contributed by atoms with Crippen molar-refractivity contribution in [2.45, 2.75) is 49.0 Å². The van der Waals surface area contributed by atoms with E-state index in [0.717, 1.165) is 12.8 Å². The predicted octanol–water partition coefficient (Wildman–Crippen LogP) is 4.74. The van der Waals surface area contributed by atoms with E-state index in [9.17, 15) is 39.6 Å². The molecule has 1 amide bonds. The molecule has 174 valence electrons. The van der Waals surface area contributed by atoms with Crippen LogP contribution in [0.2, 0.25) is 0 Å². The summed E-state index contributed by atoms with van der Waals surface area (Å²) in [5.74, 6) is -0.787. The van der Waals surface area contributed by atoms with Crippen LogP contribution >= 0.6 is 0 Å². The van der Waals surface area contributed by atoms with Crippen LogP contribution in [-0.2, 0) is 33.6 Å². The zero-order valence-electron chi connectivity index (χ0n) is 16.3. The molecule has 0 unspecified atom stereocenters. The van der Waals surface area contributed by atoms with Crippen molar-refractivity contribution in [2.24, 2.45) is 0 Å². The van der Waals surface area contributed by atoms with Crippen molar-refractivity contribution in [1.29, 1.82) is 0 Å². The van der Waals surface area contributed by atoms with Crippen LogP contribution in [0.5, 0.6) is 0 Å². The molecule has 2 aromatic rings. The molecular weight excluding hydrogens is 462 g/mol. The molecule has 0 saturated heterocycles. The quantitative estimate of drug-likeness (QED) is 0.563. The maximum absolute atomic E-state index is 12.9. The number of carbonyl (C=O) groups excluding carboxylic acids is 1. The molecule has 12 heteroatoms. The maximum atomic E-state index is 12.9. The van der Waals surface area contributed by atoms with E-state index in [2.05, 4.69) is 10.0 Å². The van der Waals surface area contributed by atoms with Crippen LogP contribution in [0.4, 0.5) is 32.0 Å². The van der Waals surface area contributed by atoms with E-state index in [1.54, 1.807) is 0 Å². The van der Waals surface area contributed by atoms with Gasteiger partial charge in [-0.25, -0.2) is 13.1 Å². The predicted molar refractivity (Wildman–Crippen MR) is 103 cm³/mol. The first kappa shape index (κ1) is 24.1. The van der Waals surface area contributed by atoms with Crippen LogP contribution in [0, 0.1) is 0 Å². The number of rotatable bonds is 7. The fourth-order valence-corrected chi connectivity index (χ4v) is 4.14. The van der Waals surface area contributed by atoms with Crippen LogP contribution in [0.1, 0.15) is 36.0 Å². The number of amides is 1. The molecule has 5 nitrogen and oxygen atoms in total. The smallest absolute Gasteiger partial charge is 0.326 e. The summed E-state index contributed by atoms with van der Waals surface area (Å²) in [6.07, 6.45) is -8.60. The Morgan fingerprint density at radius 3 is 1.91 bits per heavy atom. The Labute approximate surface area is 179 Å². The SMILES string of the molecule is O=C(CCc1ccc(S(=O)(=O)NC2CC2)cc1)Nc1cc(C(F)(F)F)cc(C(F)(F)F)c1. The van der Waals surface area contributed by atoms with E-state index in [1.807, 2.05) is 0 Å². The lowest BCUT2D eigenvalue weighted by molar-refractivity contribution is -0.143. The van der Waals surface area contributed by atoms with Gasteiger partial charge in [0.2, 0.25) is 15.9 Å². The average molecular weight is 480 g/mol. The highest BCUT2D eigenvalue weighted by molar-refractivity contribution is 7.89. The summed E-state index contributed by atoms with van der Waals surface area (Å²) in [6.45, 7) is 0. The summed E-state index contributed by atoms with van der Waals surface area (Å²) in [4.78, 5) is 12.1. The maximum Gasteiger partial charge on any atom is 0.416 e. The molecule has 0 aliphatic heterocycles. The third kappa shape index (κ3) is 6.45. The number of sulfonamides is 1. The highest BCUT2D eigenvalue weighted by Crippen LogP contribution is 2.37. The van der Waals surface area contributed by atoms with Gasteiger partial charge in [-0.2, -0.15) is 26.3 Å². The van der Waals surface area contributed by atoms with Crippen LogP contribution in [0.25, 0.3) is 0 Å². The third-order valence-corrected chi connectivity index (χ3v) is 6.18. The van der Waals surface area contributed by atoms with E-state index >= 15 is 0 Å². The van der Waals surface area contributed by atoms with Crippen molar-refractivity contribution in [2.75, 3.05) is 5.32 Å². The number of aryl methyl sites for hydroxylation is 1. The molecule has 0 heterocycles. The molecule has 32 heavy (non-hydrogen) atoms. The molecule has 1 aliphatic carbocycles. The lowest BCUT2D eigenvalue weighted by Crippen LogP contribution is -2.25. The van der Waals surface area contributed by atoms with Crippen molar-refractivity contribution in [3.63, 3.8) is 0 Å². The van der Waals surface area contributed by atoms with Crippen molar-refractivity contribution in [1.82, 2.24) is 4.72 Å². The monoisotopic (exact) mass is 480 g/mol. The van der Waals surface area contributed by atoms with E-state index in [-0.39, 0.29) is 29.8 Å². The van der Waals surface area contributed by atoms with E-state index in [0.29, 0.717) is 17.7 Å². The first-order valence-electron chi connectivity index (χ1n) is 9.45. The molecule has 2 aromatic carbocycles. The lowest BCUT2D eigenvalue weighted by atomic mass is 10.1. The van der Waals surface area contributed by atoms with Crippen molar-refractivity contribution in [3.05, 3.63) is 59.2 Å². The largest absolute Gasteiger partial charge is 0.416 e. The highest BCUT2D eigenvalue weighted by atomic mass is 32.2. The molecule has 2 N–H and O–H groups in total. The number of benzene rings is 2. The van der Waals surface area contributed by atoms with Gasteiger partial charge < -0.3 is 5.32 Å². The zero-order chi connectivity index (χ0) is 23.7. The van der Waals surface area contributed by atoms with Gasteiger partial charge in [0, 0.05) is 18.2 Å². The Kier molecular flexibility index (Phi) is 6.57. The summed E-state index contributed by atoms with van der Waals surface area (Å²) in [5.41, 5.74) is -3.10. The number of hydrogen-bond donors (Lipinski definition) is 2. The number of anilines is 1. The number of halogens is 6. The Balaban J connectivity index is 1.64. The van der Waals surface area contributed by atoms with Gasteiger partial charge >= 0.3 is 12.4 Å². The molecule has 0 atom stereocenters. The van der Waals surface area contributed by atoms with Crippen LogP contribution in [0.3, 0.4) is 0 Å². The second kappa shape index (κ2) is 8.74. The Hall–Kier alpha value is -2.60. The minimum Gasteiger partial charge on any atom is -0.326 e. The summed E-state index contributed by atoms with van der Waals surface area (Å²) in [6, 6.07) is 6.47. The van der Waals surface area contributed by atoms with Gasteiger partial charge in [0.1, 0.15) is 0 Å². The van der Waals surface area contributed by atoms with Crippen molar-refractivity contribution < 1.29 is 39.6 Å². The lowest BCUT2D eigenvalue weighted by Gasteiger charge is -2.15. The zero-order valence-corrected chi connectivity index (χ0v) is 17.2. The van der Waals surface area contributed by atoms with Crippen LogP contribution in [-0.4, -0.2) is 20.4 Å². The number of carbonyl (C=O) groups is 1. The van der Waals surface area contributed by atoms with Gasteiger partial charge in [0.25, 0.3) is 0 Å². The molecule has 1 aliphatic rings. The van der Waals surface area contributed by atoms with Gasteiger partial charge in [-0.15, -0.1) is 0 Å². The fourth-order valence-electron chi connectivity index (χ4n) is 2.83. The van der Waals surface area contributed by atoms with Gasteiger partial charge in [0.15, 0.2) is 0 Å². The molecule has 3 rings (SSSR count). The fraction of sp³-hybridized carbons (Fsp3) is 0.350. The molecular formula is C20H18F6N2O3S. The standard InChI is InChI=1S/C20H18F6N2O3S/c21-19(22,23)13-9-14(20(24,25)26)11-16(10-13)27-18(29)8-3-12-1-6-17(7-2-12)32(30,31)28-15-4-5-15/h1-2,6-7,9-11,15,28H,3-5,8H2,(H,27,29). The number of alkyl halides is 6. The summed E-state index contributed by atoms with van der Waals surface area (Å²) in [5, 5.41) is 2.06. The van der Waals surface area contributed by atoms with Crippen molar-refractivity contribution in [3.8, 4) is 0 Å². The van der Waals surface area contributed by atoms with E-state index in [1.165, 1.54) is 24.3 Å². The second-order valence-corrected chi connectivity index (χ2v) is 9.10. The van der Waals surface area contributed by atoms with Crippen LogP contribution in [0.15, 0.2) is 47.4 Å². The number of nitrogens with one attached hydrogen (secondary N) is 2. The highest BCUT2D eigenvalue weighted by Gasteiger charge is 2.37. The van der Waals surface area contributed by atoms with E-state index < -0.39 is 45.1 Å². The summed E-state index contributed by atoms with van der Waals surface area (Å²) < 4.78 is 104. The molecule has 0 spiro atoms. The Morgan fingerprint density at radius 2 is 1.44 bits per heavy atom. The van der Waals surface area contributed by atoms with Gasteiger partial charge in [-0.05, 0) is 55.2 Å². The summed E-state index contributed by atoms with van der Waals surface area (Å²) in [7, 11) is -3.63. The minimum atomic E-state index is -5.02. The van der Waals surface area contributed by atoms with Gasteiger partial charge in [-0.1, -0.05) is 12.1 Å². The van der Waals surface area contributed by atoms with Crippen LogP contribution < -0.4 is 10.0 Å². The molecule has 1 fully saturated rings. The normalized spacial score (nSPS) is 14.9.